The van der Waals surface area contributed by atoms with Crippen molar-refractivity contribution in [2.45, 2.75) is 49.2 Å². The van der Waals surface area contributed by atoms with Crippen LogP contribution >= 0.6 is 13.4 Å². The van der Waals surface area contributed by atoms with Gasteiger partial charge >= 0.3 is 13.4 Å². The van der Waals surface area contributed by atoms with Crippen molar-refractivity contribution < 1.29 is 46.1 Å². The second-order valence-electron chi connectivity index (χ2n) is 10.1. The largest absolute Gasteiger partial charge is 0.398 e. The van der Waals surface area contributed by atoms with Crippen LogP contribution < -0.4 is 11.3 Å². The molecule has 3 fully saturated rings. The number of nitrogens with zero attached hydrogens (tertiary/aromatic N) is 5. The number of halogens is 2. The molecule has 44 heavy (non-hydrogen) atoms. The lowest BCUT2D eigenvalue weighted by Crippen LogP contribution is -2.34. The number of H-pyrrole nitrogens is 1. The quantitative estimate of drug-likeness (QED) is 0.220. The summed E-state index contributed by atoms with van der Waals surface area (Å²) in [5.74, 6) is 0. The Kier molecular flexibility index (Phi) is 7.71. The van der Waals surface area contributed by atoms with Gasteiger partial charge in [0.25, 0.3) is 5.56 Å². The summed E-state index contributed by atoms with van der Waals surface area (Å²) in [5, 5.41) is 0.550. The summed E-state index contributed by atoms with van der Waals surface area (Å²) in [6.07, 6.45) is -7.37. The van der Waals surface area contributed by atoms with Crippen molar-refractivity contribution in [1.82, 2.24) is 29.1 Å². The summed E-state index contributed by atoms with van der Waals surface area (Å²) >= 11 is 10.3. The Balaban J connectivity index is 1.20. The first-order chi connectivity index (χ1) is 20.9. The molecule has 5 N–H and O–H groups in total. The van der Waals surface area contributed by atoms with Gasteiger partial charge in [-0.05, 0) is 35.7 Å². The number of fused-ring (bicyclic) bond motifs is 5. The number of pyridine rings is 1. The highest BCUT2D eigenvalue weighted by Crippen LogP contribution is 2.54. The number of ether oxygens (including phenoxy) is 2. The average Bonchev–Trinajstić information content (AvgIpc) is 3.73. The van der Waals surface area contributed by atoms with Crippen molar-refractivity contribution in [3.8, 4) is 0 Å². The maximum Gasteiger partial charge on any atom is 0.325 e. The highest BCUT2D eigenvalue weighted by Gasteiger charge is 2.53. The standard InChI is InChI=1S/C22H23F2N7O9P2S2/c23-13-11-5-35-41(33,43)39-16-12(38-21(14(16)24)30-4-2-9-10(25)1-3-26-18(9)30)6-36-42(34,44)40-17(13)22(37-11)31-8-29-15-19(31)27-7-28-20(15)32/h1-4,7-8,11-14,16-17,21-22H,5-6H2,(H2,25,26)(H,33,43)(H,34,44)(H,27,28,32)/t11-,12-,13-,14+,16-,17-,21-,22-,41?,42?/m1/s1. The highest BCUT2D eigenvalue weighted by atomic mass is 32.5. The Bertz CT molecular complexity index is 1900. The molecule has 4 aromatic rings. The molecule has 2 bridgehead atoms. The third-order valence-corrected chi connectivity index (χ3v) is 10.5. The molecule has 3 aliphatic heterocycles. The molecule has 16 nitrogen and oxygen atoms in total. The predicted molar refractivity (Wildman–Crippen MR) is 155 cm³/mol. The van der Waals surface area contributed by atoms with Crippen molar-refractivity contribution in [1.29, 1.82) is 0 Å². The number of rotatable bonds is 2. The summed E-state index contributed by atoms with van der Waals surface area (Å²) in [4.78, 5) is 48.8. The highest BCUT2D eigenvalue weighted by molar-refractivity contribution is 8.07. The summed E-state index contributed by atoms with van der Waals surface area (Å²) < 4.78 is 68.3. The molecular formula is C22H23F2N7O9P2S2. The molecule has 0 saturated carbocycles. The SMILES string of the molecule is Nc1ccnc2c1ccn2[C@@H]1O[C@@H]2COP(O)(=S)O[C@@H]3[C@H](F)[C@@H](COP(O)(=S)O[C@H]2[C@@H]1F)O[C@H]3n1cnc2c(=O)[nH]cnc21. The van der Waals surface area contributed by atoms with Crippen LogP contribution in [0.5, 0.6) is 0 Å². The molecule has 10 atom stereocenters. The van der Waals surface area contributed by atoms with Gasteiger partial charge in [-0.3, -0.25) is 18.4 Å². The van der Waals surface area contributed by atoms with Crippen LogP contribution in [0.15, 0.2) is 42.0 Å². The molecule has 0 spiro atoms. The number of hydrogen-bond donors (Lipinski definition) is 4. The third-order valence-electron chi connectivity index (χ3n) is 7.41. The van der Waals surface area contributed by atoms with Crippen LogP contribution in [0.2, 0.25) is 0 Å². The van der Waals surface area contributed by atoms with Crippen molar-refractivity contribution in [2.24, 2.45) is 0 Å². The summed E-state index contributed by atoms with van der Waals surface area (Å²) in [6.45, 7) is -9.83. The lowest BCUT2D eigenvalue weighted by Gasteiger charge is -2.27. The van der Waals surface area contributed by atoms with Crippen molar-refractivity contribution in [3.63, 3.8) is 0 Å². The zero-order chi connectivity index (χ0) is 31.0. The van der Waals surface area contributed by atoms with Crippen molar-refractivity contribution >= 4 is 64.9 Å². The second kappa shape index (κ2) is 11.2. The minimum atomic E-state index is -4.29. The maximum absolute atomic E-state index is 16.0. The van der Waals surface area contributed by atoms with E-state index in [4.69, 9.17) is 56.9 Å². The van der Waals surface area contributed by atoms with Crippen molar-refractivity contribution in [2.75, 3.05) is 18.9 Å². The number of nitrogens with one attached hydrogen (secondary N) is 1. The third kappa shape index (κ3) is 5.32. The van der Waals surface area contributed by atoms with Gasteiger partial charge in [-0.15, -0.1) is 0 Å². The van der Waals surface area contributed by atoms with Gasteiger partial charge in [0, 0.05) is 23.5 Å². The first-order valence-electron chi connectivity index (χ1n) is 12.9. The Labute approximate surface area is 255 Å². The fourth-order valence-corrected chi connectivity index (χ4v) is 8.22. The first-order valence-corrected chi connectivity index (χ1v) is 18.1. The van der Waals surface area contributed by atoms with E-state index in [0.717, 1.165) is 6.33 Å². The Morgan fingerprint density at radius 3 is 2.41 bits per heavy atom. The summed E-state index contributed by atoms with van der Waals surface area (Å²) in [7, 11) is 0. The molecular weight excluding hydrogens is 670 g/mol. The Morgan fingerprint density at radius 1 is 0.932 bits per heavy atom. The Morgan fingerprint density at radius 2 is 1.64 bits per heavy atom. The van der Waals surface area contributed by atoms with E-state index in [0.29, 0.717) is 16.7 Å². The van der Waals surface area contributed by atoms with E-state index in [2.05, 4.69) is 19.9 Å². The minimum absolute atomic E-state index is 0.0287. The number of nitrogen functional groups attached to an aromatic ring is 1. The second-order valence-corrected chi connectivity index (χ2v) is 15.7. The number of anilines is 1. The smallest absolute Gasteiger partial charge is 0.325 e. The van der Waals surface area contributed by atoms with E-state index >= 15 is 8.78 Å². The molecule has 4 aromatic heterocycles. The van der Waals surface area contributed by atoms with Gasteiger partial charge in [-0.1, -0.05) is 0 Å². The molecule has 3 aliphatic rings. The number of nitrogens with two attached hydrogens (primary N) is 1. The molecule has 0 radical (unpaired) electrons. The summed E-state index contributed by atoms with van der Waals surface area (Å²) in [5.41, 5.74) is 6.15. The van der Waals surface area contributed by atoms with E-state index < -0.39 is 81.4 Å². The van der Waals surface area contributed by atoms with Crippen LogP contribution in [0, 0.1) is 0 Å². The fourth-order valence-electron chi connectivity index (χ4n) is 5.38. The first kappa shape index (κ1) is 30.3. The molecule has 3 saturated heterocycles. The van der Waals surface area contributed by atoms with E-state index in [9.17, 15) is 14.6 Å². The van der Waals surface area contributed by atoms with E-state index in [1.807, 2.05) is 0 Å². The predicted octanol–water partition coefficient (Wildman–Crippen LogP) is 1.47. The molecule has 0 aromatic carbocycles. The number of aromatic amines is 1. The molecule has 7 heterocycles. The van der Waals surface area contributed by atoms with Gasteiger partial charge in [0.05, 0.1) is 25.9 Å². The maximum atomic E-state index is 16.0. The minimum Gasteiger partial charge on any atom is -0.398 e. The monoisotopic (exact) mass is 693 g/mol. The van der Waals surface area contributed by atoms with E-state index in [1.54, 1.807) is 12.1 Å². The lowest BCUT2D eigenvalue weighted by atomic mass is 10.1. The van der Waals surface area contributed by atoms with Gasteiger partial charge < -0.3 is 43.6 Å². The van der Waals surface area contributed by atoms with Gasteiger partial charge in [-0.25, -0.2) is 23.7 Å². The van der Waals surface area contributed by atoms with Crippen LogP contribution in [0.25, 0.3) is 22.2 Å². The fraction of sp³-hybridized carbons (Fsp3) is 0.455. The molecule has 236 valence electrons. The number of alkyl halides is 2. The van der Waals surface area contributed by atoms with Crippen LogP contribution in [-0.2, 0) is 51.2 Å². The molecule has 0 amide bonds. The zero-order valence-corrected chi connectivity index (χ0v) is 25.5. The zero-order valence-electron chi connectivity index (χ0n) is 22.0. The Hall–Kier alpha value is -2.32. The van der Waals surface area contributed by atoms with Crippen LogP contribution in [0.3, 0.4) is 0 Å². The van der Waals surface area contributed by atoms with E-state index in [-0.39, 0.29) is 11.2 Å². The average molecular weight is 694 g/mol. The van der Waals surface area contributed by atoms with Gasteiger partial charge in [0.1, 0.15) is 30.1 Å². The molecule has 0 aliphatic carbocycles. The number of aromatic nitrogens is 6. The van der Waals surface area contributed by atoms with Gasteiger partial charge in [-0.2, -0.15) is 0 Å². The lowest BCUT2D eigenvalue weighted by molar-refractivity contribution is -0.0598. The molecule has 7 rings (SSSR count). The van der Waals surface area contributed by atoms with Gasteiger partial charge in [0.15, 0.2) is 36.0 Å². The van der Waals surface area contributed by atoms with Crippen LogP contribution in [0.1, 0.15) is 12.5 Å². The number of hydrogen-bond acceptors (Lipinski definition) is 13. The summed E-state index contributed by atoms with van der Waals surface area (Å²) in [6, 6.07) is 3.22. The van der Waals surface area contributed by atoms with Crippen LogP contribution in [0.4, 0.5) is 14.5 Å². The number of imidazole rings is 1. The van der Waals surface area contributed by atoms with Crippen LogP contribution in [-0.4, -0.2) is 88.8 Å². The van der Waals surface area contributed by atoms with E-state index in [1.165, 1.54) is 27.9 Å². The van der Waals surface area contributed by atoms with Crippen molar-refractivity contribution in [3.05, 3.63) is 47.5 Å². The normalized spacial score (nSPS) is 38.3. The topological polar surface area (TPSA) is 203 Å². The molecule has 22 heteroatoms. The van der Waals surface area contributed by atoms with Gasteiger partial charge in [0.2, 0.25) is 0 Å². The molecule has 2 unspecified atom stereocenters.